The van der Waals surface area contributed by atoms with Crippen molar-refractivity contribution in [2.75, 3.05) is 33.9 Å². The van der Waals surface area contributed by atoms with Crippen molar-refractivity contribution in [3.63, 3.8) is 0 Å². The molecule has 0 aliphatic carbocycles. The fraction of sp³-hybridized carbons (Fsp3) is 0.414. The van der Waals surface area contributed by atoms with Gasteiger partial charge in [-0.25, -0.2) is 5.48 Å². The molecule has 0 saturated carbocycles. The summed E-state index contributed by atoms with van der Waals surface area (Å²) in [6.45, 7) is 8.27. The largest absolute Gasteiger partial charge is 0.489 e. The summed E-state index contributed by atoms with van der Waals surface area (Å²) in [5, 5.41) is 13.1. The summed E-state index contributed by atoms with van der Waals surface area (Å²) in [6, 6.07) is 8.17. The number of likely N-dealkylation sites (N-methyl/N-ethyl adjacent to an activating group) is 1. The Bertz CT molecular complexity index is 1010. The van der Waals surface area contributed by atoms with Crippen molar-refractivity contribution in [1.82, 2.24) is 10.8 Å². The van der Waals surface area contributed by atoms with E-state index in [4.69, 9.17) is 14.3 Å². The minimum absolute atomic E-state index is 0.0905. The van der Waals surface area contributed by atoms with E-state index in [0.717, 1.165) is 53.8 Å². The highest BCUT2D eigenvalue weighted by Gasteiger charge is 2.17. The van der Waals surface area contributed by atoms with Crippen molar-refractivity contribution >= 4 is 5.57 Å². The van der Waals surface area contributed by atoms with Crippen LogP contribution in [0.1, 0.15) is 51.2 Å². The summed E-state index contributed by atoms with van der Waals surface area (Å²) in [7, 11) is 3.54. The van der Waals surface area contributed by atoms with E-state index in [1.54, 1.807) is 7.11 Å². The summed E-state index contributed by atoms with van der Waals surface area (Å²) in [5.41, 5.74) is 8.62. The van der Waals surface area contributed by atoms with Crippen LogP contribution < -0.4 is 15.5 Å². The molecule has 0 unspecified atom stereocenters. The highest BCUT2D eigenvalue weighted by Crippen LogP contribution is 2.29. The maximum atomic E-state index is 9.81. The fourth-order valence-corrected chi connectivity index (χ4v) is 3.87. The molecule has 1 saturated heterocycles. The van der Waals surface area contributed by atoms with Crippen LogP contribution in [0.5, 0.6) is 5.75 Å². The lowest BCUT2D eigenvalue weighted by Crippen LogP contribution is -2.26. The van der Waals surface area contributed by atoms with Gasteiger partial charge in [0.15, 0.2) is 0 Å². The summed E-state index contributed by atoms with van der Waals surface area (Å²) < 4.78 is 11.6. The average Bonchev–Trinajstić information content (AvgIpc) is 2.89. The van der Waals surface area contributed by atoms with Crippen LogP contribution in [0.15, 0.2) is 71.5 Å². The van der Waals surface area contributed by atoms with Crippen LogP contribution in [-0.2, 0) is 9.57 Å². The number of nitrogens with zero attached hydrogens (tertiary/aromatic N) is 1. The number of ether oxygens (including phenoxy) is 2. The van der Waals surface area contributed by atoms with Gasteiger partial charge in [-0.2, -0.15) is 5.26 Å². The molecular formula is C29H39N3O3. The molecule has 0 radical (unpaired) electrons. The molecule has 0 amide bonds. The number of rotatable bonds is 12. The van der Waals surface area contributed by atoms with Gasteiger partial charge in [0.2, 0.25) is 0 Å². The number of hydrogen-bond acceptors (Lipinski definition) is 6. The summed E-state index contributed by atoms with van der Waals surface area (Å²) in [6.07, 6.45) is 15.2. The van der Waals surface area contributed by atoms with Crippen LogP contribution in [0.2, 0.25) is 0 Å². The van der Waals surface area contributed by atoms with Gasteiger partial charge >= 0.3 is 0 Å². The van der Waals surface area contributed by atoms with Gasteiger partial charge in [-0.15, -0.1) is 0 Å². The van der Waals surface area contributed by atoms with Gasteiger partial charge in [-0.1, -0.05) is 36.4 Å². The Kier molecular flexibility index (Phi) is 12.6. The first kappa shape index (κ1) is 28.1. The number of benzene rings is 1. The topological polar surface area (TPSA) is 75.5 Å². The lowest BCUT2D eigenvalue weighted by Gasteiger charge is -2.24. The predicted molar refractivity (Wildman–Crippen MR) is 143 cm³/mol. The molecule has 6 nitrogen and oxygen atoms in total. The second kappa shape index (κ2) is 15.7. The molecule has 188 valence electrons. The van der Waals surface area contributed by atoms with E-state index in [-0.39, 0.29) is 6.10 Å². The number of allylic oxidation sites excluding steroid dienone is 7. The zero-order chi connectivity index (χ0) is 25.5. The molecule has 0 atom stereocenters. The quantitative estimate of drug-likeness (QED) is 0.231. The average molecular weight is 478 g/mol. The smallest absolute Gasteiger partial charge is 0.137 e. The van der Waals surface area contributed by atoms with E-state index in [1.807, 2.05) is 45.2 Å². The first-order valence-corrected chi connectivity index (χ1v) is 12.2. The lowest BCUT2D eigenvalue weighted by molar-refractivity contribution is 0.0254. The van der Waals surface area contributed by atoms with Crippen LogP contribution in [0.25, 0.3) is 5.57 Å². The van der Waals surface area contributed by atoms with Crippen molar-refractivity contribution in [2.24, 2.45) is 0 Å². The Morgan fingerprint density at radius 3 is 2.63 bits per heavy atom. The van der Waals surface area contributed by atoms with Crippen molar-refractivity contribution in [3.8, 4) is 11.8 Å². The molecule has 0 bridgehead atoms. The number of nitriles is 1. The van der Waals surface area contributed by atoms with Gasteiger partial charge in [-0.05, 0) is 67.7 Å². The molecule has 0 spiro atoms. The van der Waals surface area contributed by atoms with Crippen LogP contribution in [-0.4, -0.2) is 40.0 Å². The Morgan fingerprint density at radius 2 is 2.00 bits per heavy atom. The third-order valence-electron chi connectivity index (χ3n) is 5.74. The summed E-state index contributed by atoms with van der Waals surface area (Å²) in [5.74, 6) is 0.636. The van der Waals surface area contributed by atoms with Crippen LogP contribution >= 0.6 is 0 Å². The van der Waals surface area contributed by atoms with Gasteiger partial charge < -0.3 is 19.6 Å². The molecule has 1 aliphatic rings. The van der Waals surface area contributed by atoms with E-state index in [2.05, 4.69) is 54.2 Å². The molecular weight excluding hydrogens is 438 g/mol. The SMILES string of the molecule is C\C=C/C(=C(C)/C=C(NC)/C(/C=C\CCNOC)=C/C)c1ccc(OC2CCOCC2)c(C#N)c1. The van der Waals surface area contributed by atoms with E-state index < -0.39 is 0 Å². The van der Waals surface area contributed by atoms with Crippen molar-refractivity contribution in [1.29, 1.82) is 5.26 Å². The lowest BCUT2D eigenvalue weighted by atomic mass is 9.96. The predicted octanol–water partition coefficient (Wildman–Crippen LogP) is 5.61. The first-order valence-electron chi connectivity index (χ1n) is 12.2. The molecule has 1 aromatic rings. The first-order chi connectivity index (χ1) is 17.1. The Labute approximate surface area is 210 Å². The van der Waals surface area contributed by atoms with Crippen LogP contribution in [0.3, 0.4) is 0 Å². The van der Waals surface area contributed by atoms with Crippen molar-refractivity contribution < 1.29 is 14.3 Å². The zero-order valence-corrected chi connectivity index (χ0v) is 21.7. The molecule has 35 heavy (non-hydrogen) atoms. The second-order valence-corrected chi connectivity index (χ2v) is 8.19. The zero-order valence-electron chi connectivity index (χ0n) is 21.7. The maximum Gasteiger partial charge on any atom is 0.137 e. The molecule has 2 N–H and O–H groups in total. The summed E-state index contributed by atoms with van der Waals surface area (Å²) >= 11 is 0. The second-order valence-electron chi connectivity index (χ2n) is 8.19. The van der Waals surface area contributed by atoms with E-state index >= 15 is 0 Å². The standard InChI is InChI=1S/C29H39N3O3/c1-6-10-27(22(3)19-28(31-4)23(7-2)11-8-9-16-32-33-5)24-12-13-29(25(20-24)21-30)35-26-14-17-34-18-15-26/h6-8,10-13,19-20,26,31-32H,9,14-18H2,1-5H3/b10-6-,11-8-,23-7+,27-22-,28-19-. The van der Waals surface area contributed by atoms with E-state index in [1.165, 1.54) is 0 Å². The third-order valence-corrected chi connectivity index (χ3v) is 5.74. The Hall–Kier alpha value is -3.11. The Morgan fingerprint density at radius 1 is 1.23 bits per heavy atom. The van der Waals surface area contributed by atoms with Crippen LogP contribution in [0, 0.1) is 11.3 Å². The van der Waals surface area contributed by atoms with Crippen molar-refractivity contribution in [3.05, 3.63) is 82.6 Å². The highest BCUT2D eigenvalue weighted by atomic mass is 16.6. The highest BCUT2D eigenvalue weighted by molar-refractivity contribution is 5.79. The van der Waals surface area contributed by atoms with Crippen LogP contribution in [0.4, 0.5) is 0 Å². The fourth-order valence-electron chi connectivity index (χ4n) is 3.87. The van der Waals surface area contributed by atoms with Gasteiger partial charge in [0.25, 0.3) is 0 Å². The van der Waals surface area contributed by atoms with Gasteiger partial charge in [0.1, 0.15) is 17.9 Å². The van der Waals surface area contributed by atoms with Crippen molar-refractivity contribution in [2.45, 2.75) is 46.1 Å². The monoisotopic (exact) mass is 477 g/mol. The number of nitrogens with one attached hydrogen (secondary N) is 2. The third kappa shape index (κ3) is 8.88. The molecule has 2 rings (SSSR count). The molecule has 1 aromatic carbocycles. The number of hydroxylamine groups is 1. The minimum Gasteiger partial charge on any atom is -0.489 e. The molecule has 1 heterocycles. The van der Waals surface area contributed by atoms with E-state index in [0.29, 0.717) is 24.5 Å². The van der Waals surface area contributed by atoms with Gasteiger partial charge in [0, 0.05) is 32.1 Å². The Balaban J connectivity index is 2.35. The summed E-state index contributed by atoms with van der Waals surface area (Å²) in [4.78, 5) is 4.88. The minimum atomic E-state index is 0.0905. The molecule has 1 aliphatic heterocycles. The number of hydrogen-bond donors (Lipinski definition) is 2. The van der Waals surface area contributed by atoms with Gasteiger partial charge in [0.05, 0.1) is 25.9 Å². The van der Waals surface area contributed by atoms with E-state index in [9.17, 15) is 5.26 Å². The molecule has 0 aromatic heterocycles. The molecule has 6 heteroatoms. The van der Waals surface area contributed by atoms with Gasteiger partial charge in [-0.3, -0.25) is 0 Å². The maximum absolute atomic E-state index is 9.81. The molecule has 1 fully saturated rings. The normalized spacial score (nSPS) is 16.5.